The Labute approximate surface area is 127 Å². The molecule has 0 atom stereocenters. The zero-order valence-electron chi connectivity index (χ0n) is 13.3. The van der Waals surface area contributed by atoms with Crippen molar-refractivity contribution in [2.75, 3.05) is 32.7 Å². The summed E-state index contributed by atoms with van der Waals surface area (Å²) in [7, 11) is 0. The Bertz CT molecular complexity index is 430. The van der Waals surface area contributed by atoms with Gasteiger partial charge in [0.15, 0.2) is 5.96 Å². The molecule has 2 N–H and O–H groups in total. The molecule has 1 aromatic rings. The van der Waals surface area contributed by atoms with Crippen molar-refractivity contribution < 1.29 is 4.39 Å². The van der Waals surface area contributed by atoms with Crippen LogP contribution in [-0.2, 0) is 6.54 Å². The summed E-state index contributed by atoms with van der Waals surface area (Å²) < 4.78 is 13.1. The van der Waals surface area contributed by atoms with Crippen LogP contribution in [0.25, 0.3) is 0 Å². The first kappa shape index (κ1) is 17.4. The molecule has 0 amide bonds. The van der Waals surface area contributed by atoms with E-state index in [1.54, 1.807) is 6.07 Å². The van der Waals surface area contributed by atoms with Crippen LogP contribution in [0.4, 0.5) is 4.39 Å². The van der Waals surface area contributed by atoms with E-state index in [0.29, 0.717) is 6.54 Å². The van der Waals surface area contributed by atoms with E-state index in [1.807, 2.05) is 13.0 Å². The molecule has 0 unspecified atom stereocenters. The average Bonchev–Trinajstić information content (AvgIpc) is 2.49. The fourth-order valence-electron chi connectivity index (χ4n) is 2.02. The van der Waals surface area contributed by atoms with Gasteiger partial charge in [-0.1, -0.05) is 26.0 Å². The molecule has 0 spiro atoms. The van der Waals surface area contributed by atoms with Gasteiger partial charge in [-0.05, 0) is 37.7 Å². The van der Waals surface area contributed by atoms with Gasteiger partial charge in [-0.3, -0.25) is 0 Å². The van der Waals surface area contributed by atoms with Crippen molar-refractivity contribution in [3.8, 4) is 0 Å². The van der Waals surface area contributed by atoms with Crippen LogP contribution in [0.2, 0.25) is 0 Å². The smallest absolute Gasteiger partial charge is 0.191 e. The molecule has 1 rings (SSSR count). The van der Waals surface area contributed by atoms with E-state index in [2.05, 4.69) is 34.4 Å². The molecule has 0 fully saturated rings. The number of likely N-dealkylation sites (N-methyl/N-ethyl adjacent to an activating group) is 1. The number of halogens is 1. The molecule has 4 nitrogen and oxygen atoms in total. The lowest BCUT2D eigenvalue weighted by atomic mass is 10.2. The fourth-order valence-corrected chi connectivity index (χ4v) is 2.02. The number of benzene rings is 1. The molecule has 0 radical (unpaired) electrons. The molecule has 0 aliphatic heterocycles. The zero-order valence-corrected chi connectivity index (χ0v) is 13.3. The SMILES string of the molecule is CCNC(=NCc1cccc(F)c1)NCCN(CC)CC. The Morgan fingerprint density at radius 1 is 1.19 bits per heavy atom. The predicted octanol–water partition coefficient (Wildman–Crippen LogP) is 2.22. The molecule has 21 heavy (non-hydrogen) atoms. The molecular formula is C16H27FN4. The second kappa shape index (κ2) is 10.2. The van der Waals surface area contributed by atoms with Gasteiger partial charge >= 0.3 is 0 Å². The van der Waals surface area contributed by atoms with Crippen molar-refractivity contribution in [1.29, 1.82) is 0 Å². The number of rotatable bonds is 8. The number of aliphatic imine (C=N–C) groups is 1. The van der Waals surface area contributed by atoms with E-state index in [0.717, 1.165) is 44.2 Å². The van der Waals surface area contributed by atoms with E-state index < -0.39 is 0 Å². The highest BCUT2D eigenvalue weighted by molar-refractivity contribution is 5.79. The third-order valence-corrected chi connectivity index (χ3v) is 3.27. The molecule has 0 bridgehead atoms. The molecule has 5 heteroatoms. The van der Waals surface area contributed by atoms with Crippen LogP contribution in [0.1, 0.15) is 26.3 Å². The van der Waals surface area contributed by atoms with Crippen LogP contribution in [-0.4, -0.2) is 43.6 Å². The summed E-state index contributed by atoms with van der Waals surface area (Å²) in [5, 5.41) is 6.51. The van der Waals surface area contributed by atoms with Crippen molar-refractivity contribution in [3.05, 3.63) is 35.6 Å². The van der Waals surface area contributed by atoms with Gasteiger partial charge in [-0.2, -0.15) is 0 Å². The van der Waals surface area contributed by atoms with Gasteiger partial charge in [0.2, 0.25) is 0 Å². The van der Waals surface area contributed by atoms with E-state index in [-0.39, 0.29) is 5.82 Å². The topological polar surface area (TPSA) is 39.7 Å². The summed E-state index contributed by atoms with van der Waals surface area (Å²) in [6.07, 6.45) is 0. The second-order valence-electron chi connectivity index (χ2n) is 4.78. The maximum absolute atomic E-state index is 13.1. The highest BCUT2D eigenvalue weighted by atomic mass is 19.1. The molecule has 0 aliphatic carbocycles. The first-order valence-electron chi connectivity index (χ1n) is 7.68. The Balaban J connectivity index is 2.49. The third kappa shape index (κ3) is 7.09. The summed E-state index contributed by atoms with van der Waals surface area (Å²) >= 11 is 0. The molecule has 0 saturated heterocycles. The standard InChI is InChI=1S/C16H27FN4/c1-4-18-16(19-10-11-21(5-2)6-3)20-13-14-8-7-9-15(17)12-14/h7-9,12H,4-6,10-11,13H2,1-3H3,(H2,18,19,20). The minimum atomic E-state index is -0.220. The number of hydrogen-bond acceptors (Lipinski definition) is 2. The van der Waals surface area contributed by atoms with Crippen LogP contribution in [0.15, 0.2) is 29.3 Å². The highest BCUT2D eigenvalue weighted by Crippen LogP contribution is 2.04. The fraction of sp³-hybridized carbons (Fsp3) is 0.562. The minimum absolute atomic E-state index is 0.220. The Kier molecular flexibility index (Phi) is 8.43. The number of nitrogens with one attached hydrogen (secondary N) is 2. The minimum Gasteiger partial charge on any atom is -0.357 e. The average molecular weight is 294 g/mol. The maximum Gasteiger partial charge on any atom is 0.191 e. The summed E-state index contributed by atoms with van der Waals surface area (Å²) in [5.74, 6) is 0.552. The van der Waals surface area contributed by atoms with Crippen LogP contribution in [0, 0.1) is 5.82 Å². The number of nitrogens with zero attached hydrogens (tertiary/aromatic N) is 2. The zero-order chi connectivity index (χ0) is 15.5. The van der Waals surface area contributed by atoms with Gasteiger partial charge in [-0.25, -0.2) is 9.38 Å². The molecule has 1 aromatic carbocycles. The van der Waals surface area contributed by atoms with E-state index >= 15 is 0 Å². The lowest BCUT2D eigenvalue weighted by molar-refractivity contribution is 0.308. The van der Waals surface area contributed by atoms with Crippen LogP contribution in [0.5, 0.6) is 0 Å². The van der Waals surface area contributed by atoms with Gasteiger partial charge in [0.25, 0.3) is 0 Å². The van der Waals surface area contributed by atoms with Gasteiger partial charge < -0.3 is 15.5 Å². The Hall–Kier alpha value is -1.62. The van der Waals surface area contributed by atoms with E-state index in [9.17, 15) is 4.39 Å². The number of hydrogen-bond donors (Lipinski definition) is 2. The highest BCUT2D eigenvalue weighted by Gasteiger charge is 2.01. The van der Waals surface area contributed by atoms with E-state index in [1.165, 1.54) is 12.1 Å². The van der Waals surface area contributed by atoms with Crippen LogP contribution in [0.3, 0.4) is 0 Å². The molecule has 0 heterocycles. The monoisotopic (exact) mass is 294 g/mol. The number of guanidine groups is 1. The van der Waals surface area contributed by atoms with Gasteiger partial charge in [0.1, 0.15) is 5.82 Å². The van der Waals surface area contributed by atoms with Crippen molar-refractivity contribution in [3.63, 3.8) is 0 Å². The largest absolute Gasteiger partial charge is 0.357 e. The normalized spacial score (nSPS) is 11.8. The van der Waals surface area contributed by atoms with Gasteiger partial charge in [0.05, 0.1) is 6.54 Å². The summed E-state index contributed by atoms with van der Waals surface area (Å²) in [4.78, 5) is 6.83. The predicted molar refractivity (Wildman–Crippen MR) is 87.0 cm³/mol. The molecule has 0 saturated carbocycles. The van der Waals surface area contributed by atoms with Crippen molar-refractivity contribution in [2.45, 2.75) is 27.3 Å². The quantitative estimate of drug-likeness (QED) is 0.570. The first-order valence-corrected chi connectivity index (χ1v) is 7.68. The van der Waals surface area contributed by atoms with E-state index in [4.69, 9.17) is 0 Å². The molecule has 0 aliphatic rings. The van der Waals surface area contributed by atoms with Crippen LogP contribution < -0.4 is 10.6 Å². The molecule has 118 valence electrons. The van der Waals surface area contributed by atoms with Gasteiger partial charge in [0, 0.05) is 19.6 Å². The van der Waals surface area contributed by atoms with Crippen molar-refractivity contribution >= 4 is 5.96 Å². The maximum atomic E-state index is 13.1. The lowest BCUT2D eigenvalue weighted by Gasteiger charge is -2.19. The van der Waals surface area contributed by atoms with Gasteiger partial charge in [-0.15, -0.1) is 0 Å². The first-order chi connectivity index (χ1) is 10.2. The van der Waals surface area contributed by atoms with Crippen molar-refractivity contribution in [1.82, 2.24) is 15.5 Å². The summed E-state index contributed by atoms with van der Waals surface area (Å²) in [5.41, 5.74) is 0.871. The third-order valence-electron chi connectivity index (χ3n) is 3.27. The Morgan fingerprint density at radius 2 is 1.95 bits per heavy atom. The second-order valence-corrected chi connectivity index (χ2v) is 4.78. The summed E-state index contributed by atoms with van der Waals surface area (Å²) in [6.45, 7) is 11.6. The van der Waals surface area contributed by atoms with Crippen molar-refractivity contribution in [2.24, 2.45) is 4.99 Å². The molecule has 0 aromatic heterocycles. The summed E-state index contributed by atoms with van der Waals surface area (Å²) in [6, 6.07) is 6.55. The van der Waals surface area contributed by atoms with Crippen LogP contribution >= 0.6 is 0 Å². The lowest BCUT2D eigenvalue weighted by Crippen LogP contribution is -2.41. The molecular weight excluding hydrogens is 267 g/mol. The Morgan fingerprint density at radius 3 is 2.57 bits per heavy atom.